The highest BCUT2D eigenvalue weighted by atomic mass is 35.5. The number of ether oxygens (including phenoxy) is 1. The molecule has 106 valence electrons. The van der Waals surface area contributed by atoms with Crippen LogP contribution in [-0.2, 0) is 6.42 Å². The van der Waals surface area contributed by atoms with Gasteiger partial charge in [-0.15, -0.1) is 0 Å². The number of nitrogens with one attached hydrogen (secondary N) is 1. The highest BCUT2D eigenvalue weighted by Gasteiger charge is 2.14. The first-order valence-corrected chi connectivity index (χ1v) is 6.56. The Kier molecular flexibility index (Phi) is 4.95. The SMILES string of the molecule is COc1ccc(Cl)cc1CC(NN)c1ccc(F)cc1. The summed E-state index contributed by atoms with van der Waals surface area (Å²) in [6.07, 6.45) is 0.589. The van der Waals surface area contributed by atoms with Crippen molar-refractivity contribution in [2.75, 3.05) is 7.11 Å². The standard InChI is InChI=1S/C15H16ClFN2O/c1-20-15-7-4-12(16)8-11(15)9-14(19-18)10-2-5-13(17)6-3-10/h2-8,14,19H,9,18H2,1H3. The largest absolute Gasteiger partial charge is 0.496 e. The molecule has 0 aliphatic rings. The van der Waals surface area contributed by atoms with Crippen LogP contribution in [0.5, 0.6) is 5.75 Å². The van der Waals surface area contributed by atoms with E-state index in [1.54, 1.807) is 25.3 Å². The van der Waals surface area contributed by atoms with Crippen molar-refractivity contribution in [1.29, 1.82) is 0 Å². The maximum atomic E-state index is 13.0. The molecule has 2 aromatic carbocycles. The monoisotopic (exact) mass is 294 g/mol. The van der Waals surface area contributed by atoms with Crippen molar-refractivity contribution in [3.63, 3.8) is 0 Å². The molecule has 0 fully saturated rings. The van der Waals surface area contributed by atoms with Crippen LogP contribution in [0.3, 0.4) is 0 Å². The van der Waals surface area contributed by atoms with Crippen molar-refractivity contribution in [3.8, 4) is 5.75 Å². The third-order valence-electron chi connectivity index (χ3n) is 3.14. The molecule has 1 atom stereocenters. The average Bonchev–Trinajstić information content (AvgIpc) is 2.46. The molecule has 2 aromatic rings. The maximum Gasteiger partial charge on any atom is 0.123 e. The van der Waals surface area contributed by atoms with E-state index in [1.807, 2.05) is 12.1 Å². The second-order valence-electron chi connectivity index (χ2n) is 4.43. The smallest absolute Gasteiger partial charge is 0.123 e. The van der Waals surface area contributed by atoms with E-state index in [4.69, 9.17) is 22.2 Å². The van der Waals surface area contributed by atoms with Gasteiger partial charge in [0.25, 0.3) is 0 Å². The summed E-state index contributed by atoms with van der Waals surface area (Å²) in [5.74, 6) is 6.08. The molecule has 3 nitrogen and oxygen atoms in total. The molecular formula is C15H16ClFN2O. The number of hydrazine groups is 1. The van der Waals surface area contributed by atoms with Gasteiger partial charge in [-0.05, 0) is 47.9 Å². The average molecular weight is 295 g/mol. The Morgan fingerprint density at radius 2 is 1.95 bits per heavy atom. The van der Waals surface area contributed by atoms with Crippen molar-refractivity contribution >= 4 is 11.6 Å². The lowest BCUT2D eigenvalue weighted by atomic mass is 9.99. The highest BCUT2D eigenvalue weighted by molar-refractivity contribution is 6.30. The summed E-state index contributed by atoms with van der Waals surface area (Å²) >= 11 is 6.01. The van der Waals surface area contributed by atoms with Gasteiger partial charge in [0.1, 0.15) is 11.6 Å². The third kappa shape index (κ3) is 3.48. The predicted molar refractivity (Wildman–Crippen MR) is 78.2 cm³/mol. The first-order valence-electron chi connectivity index (χ1n) is 6.18. The number of methoxy groups -OCH3 is 1. The minimum absolute atomic E-state index is 0.150. The van der Waals surface area contributed by atoms with E-state index in [1.165, 1.54) is 12.1 Å². The van der Waals surface area contributed by atoms with E-state index in [-0.39, 0.29) is 11.9 Å². The second-order valence-corrected chi connectivity index (χ2v) is 4.87. The van der Waals surface area contributed by atoms with E-state index < -0.39 is 0 Å². The van der Waals surface area contributed by atoms with Crippen LogP contribution in [0.2, 0.25) is 5.02 Å². The molecule has 0 saturated carbocycles. The Morgan fingerprint density at radius 3 is 2.55 bits per heavy atom. The molecule has 3 N–H and O–H groups in total. The molecule has 0 heterocycles. The van der Waals surface area contributed by atoms with Crippen LogP contribution < -0.4 is 16.0 Å². The summed E-state index contributed by atoms with van der Waals surface area (Å²) in [6, 6.07) is 11.5. The lowest BCUT2D eigenvalue weighted by Crippen LogP contribution is -2.29. The molecule has 0 spiro atoms. The van der Waals surface area contributed by atoms with Crippen LogP contribution in [-0.4, -0.2) is 7.11 Å². The van der Waals surface area contributed by atoms with Gasteiger partial charge in [-0.25, -0.2) is 4.39 Å². The first-order chi connectivity index (χ1) is 9.63. The number of nitrogens with two attached hydrogens (primary N) is 1. The summed E-state index contributed by atoms with van der Waals surface area (Å²) in [6.45, 7) is 0. The quantitative estimate of drug-likeness (QED) is 0.657. The van der Waals surface area contributed by atoms with Crippen LogP contribution in [0, 0.1) is 5.82 Å². The summed E-state index contributed by atoms with van der Waals surface area (Å²) < 4.78 is 18.3. The predicted octanol–water partition coefficient (Wildman–Crippen LogP) is 3.23. The van der Waals surface area contributed by atoms with Gasteiger partial charge in [-0.3, -0.25) is 11.3 Å². The summed E-state index contributed by atoms with van der Waals surface area (Å²) in [5, 5.41) is 0.635. The minimum Gasteiger partial charge on any atom is -0.496 e. The Balaban J connectivity index is 2.26. The van der Waals surface area contributed by atoms with Crippen molar-refractivity contribution in [1.82, 2.24) is 5.43 Å². The topological polar surface area (TPSA) is 47.3 Å². The normalized spacial score (nSPS) is 12.2. The molecule has 2 rings (SSSR count). The van der Waals surface area contributed by atoms with Crippen LogP contribution in [0.25, 0.3) is 0 Å². The first kappa shape index (κ1) is 14.8. The molecule has 0 aliphatic heterocycles. The van der Waals surface area contributed by atoms with Crippen LogP contribution >= 0.6 is 11.6 Å². The lowest BCUT2D eigenvalue weighted by molar-refractivity contribution is 0.405. The fourth-order valence-electron chi connectivity index (χ4n) is 2.09. The third-order valence-corrected chi connectivity index (χ3v) is 3.38. The molecule has 0 bridgehead atoms. The van der Waals surface area contributed by atoms with Gasteiger partial charge in [0.05, 0.1) is 13.2 Å². The molecule has 0 radical (unpaired) electrons. The van der Waals surface area contributed by atoms with Gasteiger partial charge in [0.15, 0.2) is 0 Å². The molecular weight excluding hydrogens is 279 g/mol. The maximum absolute atomic E-state index is 13.0. The van der Waals surface area contributed by atoms with Gasteiger partial charge in [-0.2, -0.15) is 0 Å². The second kappa shape index (κ2) is 6.70. The fraction of sp³-hybridized carbons (Fsp3) is 0.200. The van der Waals surface area contributed by atoms with E-state index in [0.717, 1.165) is 16.9 Å². The van der Waals surface area contributed by atoms with Gasteiger partial charge >= 0.3 is 0 Å². The van der Waals surface area contributed by atoms with Crippen LogP contribution in [0.1, 0.15) is 17.2 Å². The summed E-state index contributed by atoms with van der Waals surface area (Å²) in [7, 11) is 1.61. The molecule has 0 amide bonds. The Hall–Kier alpha value is -1.62. The Bertz CT molecular complexity index is 575. The van der Waals surface area contributed by atoms with Crippen molar-refractivity contribution in [2.24, 2.45) is 5.84 Å². The minimum atomic E-state index is -0.273. The zero-order valence-electron chi connectivity index (χ0n) is 11.1. The van der Waals surface area contributed by atoms with Crippen LogP contribution in [0.15, 0.2) is 42.5 Å². The van der Waals surface area contributed by atoms with Crippen LogP contribution in [0.4, 0.5) is 4.39 Å². The fourth-order valence-corrected chi connectivity index (χ4v) is 2.29. The zero-order valence-corrected chi connectivity index (χ0v) is 11.8. The molecule has 20 heavy (non-hydrogen) atoms. The number of benzene rings is 2. The summed E-state index contributed by atoms with van der Waals surface area (Å²) in [4.78, 5) is 0. The molecule has 5 heteroatoms. The van der Waals surface area contributed by atoms with Gasteiger partial charge in [0, 0.05) is 5.02 Å². The van der Waals surface area contributed by atoms with E-state index in [9.17, 15) is 4.39 Å². The van der Waals surface area contributed by atoms with Crippen molar-refractivity contribution < 1.29 is 9.13 Å². The number of hydrogen-bond acceptors (Lipinski definition) is 3. The van der Waals surface area contributed by atoms with Gasteiger partial charge in [-0.1, -0.05) is 23.7 Å². The van der Waals surface area contributed by atoms with Gasteiger partial charge < -0.3 is 4.74 Å². The molecule has 0 aliphatic carbocycles. The van der Waals surface area contributed by atoms with Crippen molar-refractivity contribution in [3.05, 3.63) is 64.4 Å². The zero-order chi connectivity index (χ0) is 14.5. The Morgan fingerprint density at radius 1 is 1.25 bits per heavy atom. The highest BCUT2D eigenvalue weighted by Crippen LogP contribution is 2.27. The van der Waals surface area contributed by atoms with Gasteiger partial charge in [0.2, 0.25) is 0 Å². The number of halogens is 2. The lowest BCUT2D eigenvalue weighted by Gasteiger charge is -2.18. The van der Waals surface area contributed by atoms with Crippen molar-refractivity contribution in [2.45, 2.75) is 12.5 Å². The Labute approximate surface area is 122 Å². The van der Waals surface area contributed by atoms with E-state index in [0.29, 0.717) is 11.4 Å². The van der Waals surface area contributed by atoms with E-state index >= 15 is 0 Å². The van der Waals surface area contributed by atoms with E-state index in [2.05, 4.69) is 5.43 Å². The number of hydrogen-bond donors (Lipinski definition) is 2. The molecule has 0 aromatic heterocycles. The molecule has 0 saturated heterocycles. The summed E-state index contributed by atoms with van der Waals surface area (Å²) in [5.41, 5.74) is 4.57. The molecule has 1 unspecified atom stereocenters. The number of rotatable bonds is 5.